The summed E-state index contributed by atoms with van der Waals surface area (Å²) in [5.74, 6) is -0.502. The second kappa shape index (κ2) is 3.85. The van der Waals surface area contributed by atoms with E-state index in [1.54, 1.807) is 6.08 Å². The van der Waals surface area contributed by atoms with Crippen LogP contribution >= 0.6 is 0 Å². The van der Waals surface area contributed by atoms with Crippen molar-refractivity contribution in [3.05, 3.63) is 24.8 Å². The standard InChI is InChI=1S/C7H12N2O/c1-3-6(8)4-5(2)7(9)10/h3,6H,1-2,4,8H2,(H2,9,10). The Labute approximate surface area is 60.4 Å². The van der Waals surface area contributed by atoms with Crippen LogP contribution in [0, 0.1) is 0 Å². The monoisotopic (exact) mass is 140 g/mol. The number of hydrogen-bond acceptors (Lipinski definition) is 2. The maximum atomic E-state index is 10.4. The van der Waals surface area contributed by atoms with E-state index in [0.717, 1.165) is 0 Å². The third kappa shape index (κ3) is 3.04. The van der Waals surface area contributed by atoms with Crippen LogP contribution in [-0.4, -0.2) is 11.9 Å². The highest BCUT2D eigenvalue weighted by atomic mass is 16.1. The molecule has 0 fully saturated rings. The van der Waals surface area contributed by atoms with E-state index in [2.05, 4.69) is 13.2 Å². The van der Waals surface area contributed by atoms with Crippen LogP contribution in [0.1, 0.15) is 6.42 Å². The van der Waals surface area contributed by atoms with Gasteiger partial charge in [0.1, 0.15) is 0 Å². The lowest BCUT2D eigenvalue weighted by Crippen LogP contribution is -2.22. The maximum absolute atomic E-state index is 10.4. The van der Waals surface area contributed by atoms with Crippen LogP contribution < -0.4 is 11.5 Å². The van der Waals surface area contributed by atoms with E-state index in [1.807, 2.05) is 0 Å². The molecule has 10 heavy (non-hydrogen) atoms. The van der Waals surface area contributed by atoms with Crippen LogP contribution in [0.3, 0.4) is 0 Å². The molecule has 1 unspecified atom stereocenters. The van der Waals surface area contributed by atoms with Crippen LogP contribution in [0.2, 0.25) is 0 Å². The summed E-state index contributed by atoms with van der Waals surface area (Å²) < 4.78 is 0. The Morgan fingerprint density at radius 2 is 2.20 bits per heavy atom. The van der Waals surface area contributed by atoms with E-state index >= 15 is 0 Å². The zero-order valence-corrected chi connectivity index (χ0v) is 5.84. The fraction of sp³-hybridized carbons (Fsp3) is 0.286. The molecule has 0 bridgehead atoms. The lowest BCUT2D eigenvalue weighted by molar-refractivity contribution is -0.114. The molecule has 0 rings (SSSR count). The summed E-state index contributed by atoms with van der Waals surface area (Å²) in [5.41, 5.74) is 10.7. The van der Waals surface area contributed by atoms with Gasteiger partial charge >= 0.3 is 0 Å². The first-order valence-corrected chi connectivity index (χ1v) is 2.93. The van der Waals surface area contributed by atoms with E-state index in [4.69, 9.17) is 11.5 Å². The molecule has 1 amide bonds. The molecular weight excluding hydrogens is 128 g/mol. The fourth-order valence-corrected chi connectivity index (χ4v) is 0.468. The van der Waals surface area contributed by atoms with Gasteiger partial charge in [-0.3, -0.25) is 4.79 Å². The van der Waals surface area contributed by atoms with Crippen molar-refractivity contribution in [1.82, 2.24) is 0 Å². The highest BCUT2D eigenvalue weighted by Crippen LogP contribution is 1.99. The molecule has 0 aromatic rings. The molecular formula is C7H12N2O. The number of primary amides is 1. The summed E-state index contributed by atoms with van der Waals surface area (Å²) in [6.07, 6.45) is 1.94. The molecule has 1 atom stereocenters. The van der Waals surface area contributed by atoms with Gasteiger partial charge in [0.05, 0.1) is 0 Å². The van der Waals surface area contributed by atoms with E-state index in [1.165, 1.54) is 0 Å². The van der Waals surface area contributed by atoms with Crippen molar-refractivity contribution < 1.29 is 4.79 Å². The van der Waals surface area contributed by atoms with Crippen LogP contribution in [0.4, 0.5) is 0 Å². The third-order valence-corrected chi connectivity index (χ3v) is 1.13. The molecule has 0 aromatic carbocycles. The summed E-state index contributed by atoms with van der Waals surface area (Å²) in [6, 6.07) is -0.222. The average Bonchev–Trinajstić information content (AvgIpc) is 1.87. The molecule has 0 aliphatic carbocycles. The van der Waals surface area contributed by atoms with E-state index < -0.39 is 5.91 Å². The predicted molar refractivity (Wildman–Crippen MR) is 41.1 cm³/mol. The van der Waals surface area contributed by atoms with Gasteiger partial charge in [0.2, 0.25) is 5.91 Å². The van der Waals surface area contributed by atoms with Crippen molar-refractivity contribution in [3.8, 4) is 0 Å². The quantitative estimate of drug-likeness (QED) is 0.424. The lowest BCUT2D eigenvalue weighted by atomic mass is 10.1. The van der Waals surface area contributed by atoms with Crippen molar-refractivity contribution in [2.75, 3.05) is 0 Å². The van der Waals surface area contributed by atoms with Gasteiger partial charge in [0, 0.05) is 11.6 Å². The van der Waals surface area contributed by atoms with Gasteiger partial charge in [-0.25, -0.2) is 0 Å². The van der Waals surface area contributed by atoms with Crippen LogP contribution in [0.25, 0.3) is 0 Å². The topological polar surface area (TPSA) is 69.1 Å². The molecule has 0 saturated heterocycles. The van der Waals surface area contributed by atoms with Gasteiger partial charge in [0.15, 0.2) is 0 Å². The first-order chi connectivity index (χ1) is 4.57. The van der Waals surface area contributed by atoms with Crippen molar-refractivity contribution in [2.24, 2.45) is 11.5 Å². The number of hydrogen-bond donors (Lipinski definition) is 2. The smallest absolute Gasteiger partial charge is 0.244 e. The summed E-state index contributed by atoms with van der Waals surface area (Å²) in [4.78, 5) is 10.4. The molecule has 4 N–H and O–H groups in total. The van der Waals surface area contributed by atoms with Crippen molar-refractivity contribution in [2.45, 2.75) is 12.5 Å². The fourth-order valence-electron chi connectivity index (χ4n) is 0.468. The number of carbonyl (C=O) groups is 1. The molecule has 56 valence electrons. The molecule has 0 heterocycles. The van der Waals surface area contributed by atoms with Gasteiger partial charge in [0.25, 0.3) is 0 Å². The zero-order chi connectivity index (χ0) is 8.15. The number of amides is 1. The van der Waals surface area contributed by atoms with Crippen molar-refractivity contribution in [1.29, 1.82) is 0 Å². The maximum Gasteiger partial charge on any atom is 0.244 e. The van der Waals surface area contributed by atoms with Crippen LogP contribution in [-0.2, 0) is 4.79 Å². The summed E-state index contributed by atoms with van der Waals surface area (Å²) >= 11 is 0. The predicted octanol–water partition coefficient (Wildman–Crippen LogP) is -0.0687. The summed E-state index contributed by atoms with van der Waals surface area (Å²) in [7, 11) is 0. The van der Waals surface area contributed by atoms with Gasteiger partial charge < -0.3 is 11.5 Å². The van der Waals surface area contributed by atoms with Crippen molar-refractivity contribution in [3.63, 3.8) is 0 Å². The van der Waals surface area contributed by atoms with E-state index in [-0.39, 0.29) is 6.04 Å². The normalized spacial score (nSPS) is 12.1. The number of rotatable bonds is 4. The highest BCUT2D eigenvalue weighted by Gasteiger charge is 2.04. The molecule has 3 nitrogen and oxygen atoms in total. The second-order valence-corrected chi connectivity index (χ2v) is 2.07. The minimum atomic E-state index is -0.502. The average molecular weight is 140 g/mol. The van der Waals surface area contributed by atoms with E-state index in [9.17, 15) is 4.79 Å². The van der Waals surface area contributed by atoms with Crippen molar-refractivity contribution >= 4 is 5.91 Å². The first kappa shape index (κ1) is 8.91. The molecule has 0 spiro atoms. The minimum absolute atomic E-state index is 0.222. The number of carbonyl (C=O) groups excluding carboxylic acids is 1. The Kier molecular flexibility index (Phi) is 3.43. The van der Waals surface area contributed by atoms with Crippen LogP contribution in [0.5, 0.6) is 0 Å². The molecule has 0 saturated carbocycles. The Morgan fingerprint density at radius 3 is 2.50 bits per heavy atom. The Morgan fingerprint density at radius 1 is 1.70 bits per heavy atom. The molecule has 0 aromatic heterocycles. The molecule has 0 aliphatic rings. The first-order valence-electron chi connectivity index (χ1n) is 2.93. The largest absolute Gasteiger partial charge is 0.366 e. The van der Waals surface area contributed by atoms with Gasteiger partial charge in [-0.05, 0) is 6.42 Å². The molecule has 3 heteroatoms. The number of nitrogens with two attached hydrogens (primary N) is 2. The van der Waals surface area contributed by atoms with Gasteiger partial charge in [-0.15, -0.1) is 6.58 Å². The Hall–Kier alpha value is -1.09. The van der Waals surface area contributed by atoms with Gasteiger partial charge in [-0.1, -0.05) is 12.7 Å². The van der Waals surface area contributed by atoms with E-state index in [0.29, 0.717) is 12.0 Å². The SMILES string of the molecule is C=CC(N)CC(=C)C(N)=O. The minimum Gasteiger partial charge on any atom is -0.366 e. The Balaban J connectivity index is 3.79. The highest BCUT2D eigenvalue weighted by molar-refractivity contribution is 5.91. The summed E-state index contributed by atoms with van der Waals surface area (Å²) in [5, 5.41) is 0. The summed E-state index contributed by atoms with van der Waals surface area (Å²) in [6.45, 7) is 6.89. The lowest BCUT2D eigenvalue weighted by Gasteiger charge is -2.04. The second-order valence-electron chi connectivity index (χ2n) is 2.07. The third-order valence-electron chi connectivity index (χ3n) is 1.13. The molecule has 0 aliphatic heterocycles. The van der Waals surface area contributed by atoms with Gasteiger partial charge in [-0.2, -0.15) is 0 Å². The molecule has 0 radical (unpaired) electrons. The van der Waals surface area contributed by atoms with Crippen LogP contribution in [0.15, 0.2) is 24.8 Å². The Bertz CT molecular complexity index is 163. The zero-order valence-electron chi connectivity index (χ0n) is 5.84.